The van der Waals surface area contributed by atoms with Gasteiger partial charge < -0.3 is 19.7 Å². The van der Waals surface area contributed by atoms with Crippen molar-refractivity contribution in [3.8, 4) is 0 Å². The van der Waals surface area contributed by atoms with Gasteiger partial charge in [-0.2, -0.15) is 0 Å². The Morgan fingerprint density at radius 3 is 3.14 bits per heavy atom. The van der Waals surface area contributed by atoms with Gasteiger partial charge >= 0.3 is 0 Å². The van der Waals surface area contributed by atoms with Crippen molar-refractivity contribution in [2.45, 2.75) is 25.8 Å². The maximum atomic E-state index is 11.9. The largest absolute Gasteiger partial charge is 0.361 e. The Balaban J connectivity index is 1.56. The first kappa shape index (κ1) is 13.8. The number of nitrogens with one attached hydrogen (secondary N) is 2. The molecule has 0 aromatic carbocycles. The molecule has 2 N–H and O–H groups in total. The number of likely N-dealkylation sites (tertiary alicyclic amines) is 1. The van der Waals surface area contributed by atoms with Gasteiger partial charge in [0.15, 0.2) is 5.69 Å². The molecule has 0 aliphatic carbocycles. The highest BCUT2D eigenvalue weighted by molar-refractivity contribution is 5.92. The summed E-state index contributed by atoms with van der Waals surface area (Å²) < 4.78 is 4.88. The smallest absolute Gasteiger partial charge is 0.273 e. The summed E-state index contributed by atoms with van der Waals surface area (Å²) in [6.07, 6.45) is 2.90. The lowest BCUT2D eigenvalue weighted by atomic mass is 10.1. The van der Waals surface area contributed by atoms with Crippen LogP contribution in [0.25, 0.3) is 0 Å². The molecule has 2 aromatic rings. The molecule has 1 aliphatic rings. The van der Waals surface area contributed by atoms with Crippen molar-refractivity contribution in [2.24, 2.45) is 0 Å². The summed E-state index contributed by atoms with van der Waals surface area (Å²) in [7, 11) is 2.12. The van der Waals surface area contributed by atoms with Crippen molar-refractivity contribution < 1.29 is 9.32 Å². The molecule has 0 bridgehead atoms. The fraction of sp³-hybridized carbons (Fsp3) is 0.500. The normalized spacial score (nSPS) is 19.0. The first-order valence-electron chi connectivity index (χ1n) is 7.05. The summed E-state index contributed by atoms with van der Waals surface area (Å²) in [6.45, 7) is 4.28. The molecular formula is C14H19N5O2. The van der Waals surface area contributed by atoms with Gasteiger partial charge in [0, 0.05) is 18.5 Å². The Labute approximate surface area is 122 Å². The molecule has 3 rings (SSSR count). The maximum absolute atomic E-state index is 11.9. The summed E-state index contributed by atoms with van der Waals surface area (Å²) in [6, 6.07) is 1.61. The second kappa shape index (κ2) is 5.69. The van der Waals surface area contributed by atoms with E-state index in [1.54, 1.807) is 19.2 Å². The van der Waals surface area contributed by atoms with E-state index in [4.69, 9.17) is 4.52 Å². The van der Waals surface area contributed by atoms with Crippen LogP contribution in [-0.2, 0) is 6.54 Å². The lowest BCUT2D eigenvalue weighted by molar-refractivity contribution is 0.0941. The van der Waals surface area contributed by atoms with Gasteiger partial charge in [0.25, 0.3) is 5.91 Å². The van der Waals surface area contributed by atoms with Crippen molar-refractivity contribution in [2.75, 3.05) is 20.1 Å². The molecule has 7 heteroatoms. The molecule has 1 aliphatic heterocycles. The Morgan fingerprint density at radius 1 is 1.62 bits per heavy atom. The van der Waals surface area contributed by atoms with Crippen LogP contribution < -0.4 is 5.32 Å². The second-order valence-corrected chi connectivity index (χ2v) is 5.55. The molecule has 112 valence electrons. The molecule has 0 unspecified atom stereocenters. The number of aryl methyl sites for hydroxylation is 1. The van der Waals surface area contributed by atoms with Crippen molar-refractivity contribution in [1.82, 2.24) is 25.3 Å². The summed E-state index contributed by atoms with van der Waals surface area (Å²) in [4.78, 5) is 21.9. The van der Waals surface area contributed by atoms with E-state index in [1.807, 2.05) is 0 Å². The van der Waals surface area contributed by atoms with E-state index in [1.165, 1.54) is 0 Å². The molecule has 0 radical (unpaired) electrons. The number of imidazole rings is 1. The average molecular weight is 289 g/mol. The number of hydrogen-bond acceptors (Lipinski definition) is 5. The fourth-order valence-corrected chi connectivity index (χ4v) is 2.57. The monoisotopic (exact) mass is 289 g/mol. The van der Waals surface area contributed by atoms with Crippen LogP contribution in [0.3, 0.4) is 0 Å². The summed E-state index contributed by atoms with van der Waals surface area (Å²) >= 11 is 0. The van der Waals surface area contributed by atoms with Crippen LogP contribution in [-0.4, -0.2) is 46.1 Å². The fourth-order valence-electron chi connectivity index (χ4n) is 2.57. The van der Waals surface area contributed by atoms with Crippen LogP contribution >= 0.6 is 0 Å². The summed E-state index contributed by atoms with van der Waals surface area (Å²) in [5.41, 5.74) is 1.19. The number of aromatic nitrogens is 3. The van der Waals surface area contributed by atoms with Gasteiger partial charge in [-0.05, 0) is 26.9 Å². The van der Waals surface area contributed by atoms with Crippen LogP contribution in [0.2, 0.25) is 0 Å². The zero-order valence-corrected chi connectivity index (χ0v) is 12.2. The lowest BCUT2D eigenvalue weighted by Crippen LogP contribution is -2.23. The van der Waals surface area contributed by atoms with E-state index in [2.05, 4.69) is 32.4 Å². The third-order valence-corrected chi connectivity index (χ3v) is 3.73. The van der Waals surface area contributed by atoms with Crippen molar-refractivity contribution in [1.29, 1.82) is 0 Å². The average Bonchev–Trinajstić information content (AvgIpc) is 3.16. The van der Waals surface area contributed by atoms with E-state index in [9.17, 15) is 4.79 Å². The number of aromatic amines is 1. The summed E-state index contributed by atoms with van der Waals surface area (Å²) in [5.74, 6) is 1.83. The molecule has 1 saturated heterocycles. The Kier molecular flexibility index (Phi) is 3.74. The zero-order valence-electron chi connectivity index (χ0n) is 12.2. The number of H-pyrrole nitrogens is 1. The predicted octanol–water partition coefficient (Wildman–Crippen LogP) is 1.06. The minimum Gasteiger partial charge on any atom is -0.361 e. The van der Waals surface area contributed by atoms with Gasteiger partial charge in [-0.1, -0.05) is 5.16 Å². The molecule has 7 nitrogen and oxygen atoms in total. The quantitative estimate of drug-likeness (QED) is 0.878. The highest BCUT2D eigenvalue weighted by Gasteiger charge is 2.23. The van der Waals surface area contributed by atoms with E-state index in [0.29, 0.717) is 23.9 Å². The third kappa shape index (κ3) is 3.13. The third-order valence-electron chi connectivity index (χ3n) is 3.73. The van der Waals surface area contributed by atoms with Crippen LogP contribution in [0.5, 0.6) is 0 Å². The van der Waals surface area contributed by atoms with Crippen molar-refractivity contribution >= 4 is 5.91 Å². The molecule has 0 saturated carbocycles. The topological polar surface area (TPSA) is 87.0 Å². The zero-order chi connectivity index (χ0) is 14.8. The molecule has 1 atom stereocenters. The van der Waals surface area contributed by atoms with Gasteiger partial charge in [0.1, 0.15) is 11.6 Å². The minimum absolute atomic E-state index is 0.247. The lowest BCUT2D eigenvalue weighted by Gasteiger charge is -2.07. The van der Waals surface area contributed by atoms with Crippen LogP contribution in [0.15, 0.2) is 16.8 Å². The number of carbonyl (C=O) groups is 1. The molecular weight excluding hydrogens is 270 g/mol. The molecule has 0 spiro atoms. The standard InChI is InChI=1S/C14H19N5O2/c1-9-5-12(18-21-9)14(20)16-7-11-6-15-13(17-11)10-3-4-19(2)8-10/h5-6,10H,3-4,7-8H2,1-2H3,(H,15,17)(H,16,20)/t10-/m1/s1. The molecule has 21 heavy (non-hydrogen) atoms. The first-order chi connectivity index (χ1) is 10.1. The Hall–Kier alpha value is -2.15. The minimum atomic E-state index is -0.247. The molecule has 2 aromatic heterocycles. The highest BCUT2D eigenvalue weighted by Crippen LogP contribution is 2.23. The first-order valence-corrected chi connectivity index (χ1v) is 7.05. The van der Waals surface area contributed by atoms with Gasteiger partial charge in [0.2, 0.25) is 0 Å². The number of amides is 1. The number of likely N-dealkylation sites (N-methyl/N-ethyl adjacent to an activating group) is 1. The van der Waals surface area contributed by atoms with E-state index in [0.717, 1.165) is 31.0 Å². The second-order valence-electron chi connectivity index (χ2n) is 5.55. The maximum Gasteiger partial charge on any atom is 0.273 e. The Bertz CT molecular complexity index is 633. The number of rotatable bonds is 4. The van der Waals surface area contributed by atoms with Gasteiger partial charge in [0.05, 0.1) is 18.4 Å². The van der Waals surface area contributed by atoms with Gasteiger partial charge in [-0.15, -0.1) is 0 Å². The number of hydrogen-bond donors (Lipinski definition) is 2. The van der Waals surface area contributed by atoms with Gasteiger partial charge in [-0.3, -0.25) is 4.79 Å². The molecule has 1 amide bonds. The molecule has 3 heterocycles. The van der Waals surface area contributed by atoms with Crippen LogP contribution in [0, 0.1) is 6.92 Å². The molecule has 1 fully saturated rings. The predicted molar refractivity (Wildman–Crippen MR) is 75.9 cm³/mol. The van der Waals surface area contributed by atoms with Gasteiger partial charge in [-0.25, -0.2) is 4.98 Å². The SMILES string of the molecule is Cc1cc(C(=O)NCc2cnc([C@@H]3CCN(C)C3)[nH]2)no1. The number of nitrogens with zero attached hydrogens (tertiary/aromatic N) is 3. The Morgan fingerprint density at radius 2 is 2.48 bits per heavy atom. The number of carbonyl (C=O) groups excluding carboxylic acids is 1. The van der Waals surface area contributed by atoms with E-state index < -0.39 is 0 Å². The van der Waals surface area contributed by atoms with Crippen molar-refractivity contribution in [3.05, 3.63) is 35.2 Å². The van der Waals surface area contributed by atoms with Crippen molar-refractivity contribution in [3.63, 3.8) is 0 Å². The van der Waals surface area contributed by atoms with Crippen LogP contribution in [0.1, 0.15) is 40.1 Å². The van der Waals surface area contributed by atoms with Crippen LogP contribution in [0.4, 0.5) is 0 Å². The highest BCUT2D eigenvalue weighted by atomic mass is 16.5. The summed E-state index contributed by atoms with van der Waals surface area (Å²) in [5, 5.41) is 6.48. The van der Waals surface area contributed by atoms with E-state index >= 15 is 0 Å². The van der Waals surface area contributed by atoms with E-state index in [-0.39, 0.29) is 5.91 Å².